The molecule has 1 aliphatic rings. The number of alkyl halides is 3. The van der Waals surface area contributed by atoms with E-state index >= 15 is 0 Å². The summed E-state index contributed by atoms with van der Waals surface area (Å²) in [6, 6.07) is 2.86. The molecule has 0 N–H and O–H groups in total. The zero-order valence-corrected chi connectivity index (χ0v) is 15.9. The molecule has 0 bridgehead atoms. The summed E-state index contributed by atoms with van der Waals surface area (Å²) in [5, 5.41) is 0. The molecule has 0 saturated heterocycles. The van der Waals surface area contributed by atoms with E-state index in [0.29, 0.717) is 23.6 Å². The van der Waals surface area contributed by atoms with Crippen LogP contribution in [0.3, 0.4) is 0 Å². The lowest BCUT2D eigenvalue weighted by atomic mass is 9.77. The quantitative estimate of drug-likeness (QED) is 0.441. The molecule has 158 valence electrons. The van der Waals surface area contributed by atoms with Gasteiger partial charge in [-0.05, 0) is 72.9 Å². The summed E-state index contributed by atoms with van der Waals surface area (Å²) in [5.74, 6) is -5.32. The first-order valence-corrected chi connectivity index (χ1v) is 9.67. The lowest BCUT2D eigenvalue weighted by Gasteiger charge is -2.29. The van der Waals surface area contributed by atoms with E-state index in [1.54, 1.807) is 0 Å². The van der Waals surface area contributed by atoms with Crippen molar-refractivity contribution in [3.8, 4) is 11.1 Å². The average Bonchev–Trinajstić information content (AvgIpc) is 2.60. The van der Waals surface area contributed by atoms with E-state index in [0.717, 1.165) is 50.7 Å². The zero-order valence-electron chi connectivity index (χ0n) is 15.9. The summed E-state index contributed by atoms with van der Waals surface area (Å²) in [6.07, 6.45) is 0.508. The second-order valence-electron chi connectivity index (χ2n) is 7.68. The zero-order chi connectivity index (χ0) is 21.3. The molecule has 0 unspecified atom stereocenters. The molecule has 2 aromatic rings. The standard InChI is InChI=1S/C22H21F7/c1-2-3-12-4-6-13(7-5-12)14-8-16(23)20(17(24)9-14)15-10-18(25)21(19(26)11-15)22(27,28)29/h8-13H,2-7H2,1H3. The smallest absolute Gasteiger partial charge is 0.206 e. The summed E-state index contributed by atoms with van der Waals surface area (Å²) in [4.78, 5) is 0. The van der Waals surface area contributed by atoms with Crippen molar-refractivity contribution in [2.75, 3.05) is 0 Å². The van der Waals surface area contributed by atoms with Crippen LogP contribution in [0.5, 0.6) is 0 Å². The van der Waals surface area contributed by atoms with Gasteiger partial charge >= 0.3 is 6.18 Å². The molecule has 7 heteroatoms. The monoisotopic (exact) mass is 418 g/mol. The first-order valence-electron chi connectivity index (χ1n) is 9.67. The van der Waals surface area contributed by atoms with Crippen LogP contribution in [0.2, 0.25) is 0 Å². The van der Waals surface area contributed by atoms with Crippen molar-refractivity contribution >= 4 is 0 Å². The Balaban J connectivity index is 1.91. The Morgan fingerprint density at radius 2 is 1.31 bits per heavy atom. The van der Waals surface area contributed by atoms with Gasteiger partial charge in [0.05, 0.1) is 5.56 Å². The van der Waals surface area contributed by atoms with Crippen LogP contribution >= 0.6 is 0 Å². The molecular formula is C22H21F7. The summed E-state index contributed by atoms with van der Waals surface area (Å²) in [7, 11) is 0. The van der Waals surface area contributed by atoms with Gasteiger partial charge in [0.2, 0.25) is 0 Å². The van der Waals surface area contributed by atoms with Gasteiger partial charge in [-0.2, -0.15) is 13.2 Å². The van der Waals surface area contributed by atoms with Crippen molar-refractivity contribution in [2.24, 2.45) is 5.92 Å². The summed E-state index contributed by atoms with van der Waals surface area (Å²) >= 11 is 0. The Labute approximate surface area is 164 Å². The number of rotatable bonds is 4. The minimum Gasteiger partial charge on any atom is -0.206 e. The van der Waals surface area contributed by atoms with Crippen molar-refractivity contribution in [1.29, 1.82) is 0 Å². The van der Waals surface area contributed by atoms with Gasteiger partial charge in [-0.25, -0.2) is 17.6 Å². The van der Waals surface area contributed by atoms with E-state index in [-0.39, 0.29) is 5.92 Å². The maximum atomic E-state index is 14.6. The van der Waals surface area contributed by atoms with Crippen molar-refractivity contribution in [2.45, 2.75) is 57.5 Å². The van der Waals surface area contributed by atoms with Gasteiger partial charge in [0.15, 0.2) is 0 Å². The highest BCUT2D eigenvalue weighted by Crippen LogP contribution is 2.40. The predicted octanol–water partition coefficient (Wildman–Crippen LogP) is 8.00. The topological polar surface area (TPSA) is 0 Å². The van der Waals surface area contributed by atoms with Crippen LogP contribution in [-0.2, 0) is 6.18 Å². The van der Waals surface area contributed by atoms with Crippen LogP contribution < -0.4 is 0 Å². The number of halogens is 7. The minimum atomic E-state index is -5.25. The normalized spacial score (nSPS) is 20.1. The Hall–Kier alpha value is -2.05. The summed E-state index contributed by atoms with van der Waals surface area (Å²) in [6.45, 7) is 2.11. The third-order valence-electron chi connectivity index (χ3n) is 5.69. The maximum absolute atomic E-state index is 14.6. The van der Waals surface area contributed by atoms with Gasteiger partial charge < -0.3 is 0 Å². The van der Waals surface area contributed by atoms with Gasteiger partial charge in [-0.3, -0.25) is 0 Å². The Morgan fingerprint density at radius 1 is 0.793 bits per heavy atom. The molecule has 0 heterocycles. The fraction of sp³-hybridized carbons (Fsp3) is 0.455. The highest BCUT2D eigenvalue weighted by molar-refractivity contribution is 5.66. The second-order valence-corrected chi connectivity index (χ2v) is 7.68. The van der Waals surface area contributed by atoms with E-state index in [1.807, 2.05) is 0 Å². The fourth-order valence-corrected chi connectivity index (χ4v) is 4.29. The first kappa shape index (κ1) is 21.7. The van der Waals surface area contributed by atoms with E-state index < -0.39 is 46.1 Å². The molecule has 0 nitrogen and oxygen atoms in total. The van der Waals surface area contributed by atoms with Gasteiger partial charge in [-0.1, -0.05) is 19.8 Å². The van der Waals surface area contributed by atoms with Crippen LogP contribution in [0, 0.1) is 29.2 Å². The summed E-state index contributed by atoms with van der Waals surface area (Å²) in [5.41, 5.74) is -2.96. The van der Waals surface area contributed by atoms with Crippen molar-refractivity contribution < 1.29 is 30.7 Å². The van der Waals surface area contributed by atoms with Crippen molar-refractivity contribution in [3.05, 3.63) is 58.7 Å². The minimum absolute atomic E-state index is 0.0118. The molecule has 0 atom stereocenters. The molecule has 1 fully saturated rings. The lowest BCUT2D eigenvalue weighted by molar-refractivity contribution is -0.142. The van der Waals surface area contributed by atoms with E-state index in [4.69, 9.17) is 0 Å². The molecule has 0 radical (unpaired) electrons. The van der Waals surface area contributed by atoms with E-state index in [2.05, 4.69) is 6.92 Å². The largest absolute Gasteiger partial charge is 0.422 e. The molecule has 0 aromatic heterocycles. The molecule has 3 rings (SSSR count). The third kappa shape index (κ3) is 4.59. The Kier molecular flexibility index (Phi) is 6.24. The summed E-state index contributed by atoms with van der Waals surface area (Å²) < 4.78 is 95.0. The first-order chi connectivity index (χ1) is 13.6. The maximum Gasteiger partial charge on any atom is 0.422 e. The predicted molar refractivity (Wildman–Crippen MR) is 96.3 cm³/mol. The molecule has 1 saturated carbocycles. The van der Waals surface area contributed by atoms with Crippen molar-refractivity contribution in [3.63, 3.8) is 0 Å². The van der Waals surface area contributed by atoms with Gasteiger partial charge in [0.25, 0.3) is 0 Å². The highest BCUT2D eigenvalue weighted by Gasteiger charge is 2.38. The average molecular weight is 418 g/mol. The molecule has 0 aliphatic heterocycles. The van der Waals surface area contributed by atoms with E-state index in [9.17, 15) is 30.7 Å². The van der Waals surface area contributed by atoms with Crippen molar-refractivity contribution in [1.82, 2.24) is 0 Å². The number of hydrogen-bond acceptors (Lipinski definition) is 0. The van der Waals surface area contributed by atoms with Crippen LogP contribution in [0.4, 0.5) is 30.7 Å². The van der Waals surface area contributed by atoms with Crippen LogP contribution in [0.1, 0.15) is 62.5 Å². The van der Waals surface area contributed by atoms with Gasteiger partial charge in [0.1, 0.15) is 28.8 Å². The molecule has 29 heavy (non-hydrogen) atoms. The molecule has 2 aromatic carbocycles. The molecule has 0 amide bonds. The Morgan fingerprint density at radius 3 is 1.76 bits per heavy atom. The SMILES string of the molecule is CCCC1CCC(c2cc(F)c(-c3cc(F)c(C(F)(F)F)c(F)c3)c(F)c2)CC1. The lowest BCUT2D eigenvalue weighted by Crippen LogP contribution is -2.14. The third-order valence-corrected chi connectivity index (χ3v) is 5.69. The molecular weight excluding hydrogens is 397 g/mol. The molecule has 0 spiro atoms. The van der Waals surface area contributed by atoms with Gasteiger partial charge in [0, 0.05) is 0 Å². The number of benzene rings is 2. The highest BCUT2D eigenvalue weighted by atomic mass is 19.4. The van der Waals surface area contributed by atoms with E-state index in [1.165, 1.54) is 0 Å². The fourth-order valence-electron chi connectivity index (χ4n) is 4.29. The van der Waals surface area contributed by atoms with Crippen LogP contribution in [0.15, 0.2) is 24.3 Å². The van der Waals surface area contributed by atoms with Gasteiger partial charge in [-0.15, -0.1) is 0 Å². The number of hydrogen-bond donors (Lipinski definition) is 0. The van der Waals surface area contributed by atoms with Crippen LogP contribution in [-0.4, -0.2) is 0 Å². The second kappa shape index (κ2) is 8.36. The van der Waals surface area contributed by atoms with Crippen LogP contribution in [0.25, 0.3) is 11.1 Å². The Bertz CT molecular complexity index is 831. The molecule has 1 aliphatic carbocycles.